The van der Waals surface area contributed by atoms with Gasteiger partial charge in [-0.1, -0.05) is 13.8 Å². The number of carbonyl (C=O) groups is 1. The Bertz CT molecular complexity index is 219. The van der Waals surface area contributed by atoms with Crippen LogP contribution in [0.1, 0.15) is 20.3 Å². The highest BCUT2D eigenvalue weighted by Crippen LogP contribution is 2.16. The first-order chi connectivity index (χ1) is 7.30. The van der Waals surface area contributed by atoms with E-state index in [9.17, 15) is 18.0 Å². The molecule has 0 aliphatic rings. The number of alkyl halides is 3. The number of ketones is 1. The molecule has 0 fully saturated rings. The minimum atomic E-state index is -4.34. The van der Waals surface area contributed by atoms with Gasteiger partial charge < -0.3 is 5.11 Å². The van der Waals surface area contributed by atoms with Gasteiger partial charge in [-0.3, -0.25) is 9.69 Å². The number of hydrogen-bond acceptors (Lipinski definition) is 3. The summed E-state index contributed by atoms with van der Waals surface area (Å²) < 4.78 is 36.4. The summed E-state index contributed by atoms with van der Waals surface area (Å²) in [6, 6.07) is 0. The zero-order valence-corrected chi connectivity index (χ0v) is 9.55. The largest absolute Gasteiger partial charge is 0.401 e. The van der Waals surface area contributed by atoms with Gasteiger partial charge in [0.25, 0.3) is 0 Å². The lowest BCUT2D eigenvalue weighted by Crippen LogP contribution is -2.40. The Morgan fingerprint density at radius 3 is 2.38 bits per heavy atom. The van der Waals surface area contributed by atoms with Crippen LogP contribution in [0.15, 0.2) is 0 Å². The quantitative estimate of drug-likeness (QED) is 0.733. The number of rotatable bonds is 7. The van der Waals surface area contributed by atoms with Crippen molar-refractivity contribution in [2.45, 2.75) is 26.4 Å². The monoisotopic (exact) mass is 241 g/mol. The van der Waals surface area contributed by atoms with Gasteiger partial charge in [-0.15, -0.1) is 0 Å². The van der Waals surface area contributed by atoms with Gasteiger partial charge in [0.05, 0.1) is 19.7 Å². The maximum atomic E-state index is 12.1. The molecule has 0 saturated heterocycles. The Kier molecular flexibility index (Phi) is 6.59. The molecule has 0 aliphatic carbocycles. The summed E-state index contributed by atoms with van der Waals surface area (Å²) in [5.74, 6) is -0.463. The summed E-state index contributed by atoms with van der Waals surface area (Å²) in [5, 5.41) is 8.62. The SMILES string of the molecule is CCC(C)C(=O)CN(CCO)CC(F)(F)F. The van der Waals surface area contributed by atoms with Crippen LogP contribution in [0.5, 0.6) is 0 Å². The van der Waals surface area contributed by atoms with Crippen LogP contribution >= 0.6 is 0 Å². The highest BCUT2D eigenvalue weighted by Gasteiger charge is 2.31. The lowest BCUT2D eigenvalue weighted by Gasteiger charge is -2.23. The van der Waals surface area contributed by atoms with E-state index in [4.69, 9.17) is 5.11 Å². The molecular weight excluding hydrogens is 223 g/mol. The lowest BCUT2D eigenvalue weighted by molar-refractivity contribution is -0.149. The standard InChI is InChI=1S/C10H18F3NO2/c1-3-8(2)9(16)6-14(4-5-15)7-10(11,12)13/h8,15H,3-7H2,1-2H3. The zero-order valence-electron chi connectivity index (χ0n) is 9.55. The van der Waals surface area contributed by atoms with Crippen LogP contribution in [0.25, 0.3) is 0 Å². The first-order valence-corrected chi connectivity index (χ1v) is 5.22. The van der Waals surface area contributed by atoms with Crippen molar-refractivity contribution in [1.29, 1.82) is 0 Å². The third kappa shape index (κ3) is 6.79. The van der Waals surface area contributed by atoms with E-state index in [-0.39, 0.29) is 31.4 Å². The third-order valence-electron chi connectivity index (χ3n) is 2.36. The van der Waals surface area contributed by atoms with E-state index in [2.05, 4.69) is 0 Å². The predicted molar refractivity (Wildman–Crippen MR) is 54.0 cm³/mol. The minimum absolute atomic E-state index is 0.137. The number of aliphatic hydroxyl groups is 1. The van der Waals surface area contributed by atoms with E-state index in [0.29, 0.717) is 6.42 Å². The molecule has 0 aromatic rings. The number of hydrogen-bond donors (Lipinski definition) is 1. The molecule has 1 N–H and O–H groups in total. The fourth-order valence-electron chi connectivity index (χ4n) is 1.21. The molecule has 0 aromatic carbocycles. The summed E-state index contributed by atoms with van der Waals surface area (Å²) in [6.07, 6.45) is -3.73. The number of Topliss-reactive ketones (excluding diaryl/α,β-unsaturated/α-hetero) is 1. The summed E-state index contributed by atoms with van der Waals surface area (Å²) in [6.45, 7) is 1.56. The molecule has 0 amide bonds. The lowest BCUT2D eigenvalue weighted by atomic mass is 10.0. The highest BCUT2D eigenvalue weighted by atomic mass is 19.4. The van der Waals surface area contributed by atoms with E-state index in [1.54, 1.807) is 6.92 Å². The second-order valence-corrected chi connectivity index (χ2v) is 3.83. The molecule has 0 saturated carbocycles. The van der Waals surface area contributed by atoms with E-state index >= 15 is 0 Å². The number of nitrogens with zero attached hydrogens (tertiary/aromatic N) is 1. The van der Waals surface area contributed by atoms with E-state index in [1.807, 2.05) is 6.92 Å². The Morgan fingerprint density at radius 2 is 2.00 bits per heavy atom. The van der Waals surface area contributed by atoms with Crippen LogP contribution in [0.4, 0.5) is 13.2 Å². The maximum absolute atomic E-state index is 12.1. The molecule has 3 nitrogen and oxygen atoms in total. The smallest absolute Gasteiger partial charge is 0.395 e. The topological polar surface area (TPSA) is 40.5 Å². The third-order valence-corrected chi connectivity index (χ3v) is 2.36. The Morgan fingerprint density at radius 1 is 1.44 bits per heavy atom. The first kappa shape index (κ1) is 15.4. The normalized spacial score (nSPS) is 14.2. The average Bonchev–Trinajstić information content (AvgIpc) is 2.14. The highest BCUT2D eigenvalue weighted by molar-refractivity contribution is 5.82. The fourth-order valence-corrected chi connectivity index (χ4v) is 1.21. The van der Waals surface area contributed by atoms with E-state index < -0.39 is 12.7 Å². The van der Waals surface area contributed by atoms with Gasteiger partial charge in [-0.2, -0.15) is 13.2 Å². The number of aliphatic hydroxyl groups excluding tert-OH is 1. The van der Waals surface area contributed by atoms with Crippen LogP contribution in [-0.4, -0.2) is 48.2 Å². The van der Waals surface area contributed by atoms with Crippen molar-refractivity contribution >= 4 is 5.78 Å². The predicted octanol–water partition coefficient (Wildman–Crippen LogP) is 1.46. The summed E-state index contributed by atoms with van der Waals surface area (Å²) in [7, 11) is 0. The van der Waals surface area contributed by atoms with Crippen molar-refractivity contribution < 1.29 is 23.1 Å². The summed E-state index contributed by atoms with van der Waals surface area (Å²) >= 11 is 0. The van der Waals surface area contributed by atoms with E-state index in [0.717, 1.165) is 4.90 Å². The van der Waals surface area contributed by atoms with Crippen LogP contribution in [0.3, 0.4) is 0 Å². The van der Waals surface area contributed by atoms with Crippen LogP contribution in [0, 0.1) is 5.92 Å². The Hall–Kier alpha value is -0.620. The van der Waals surface area contributed by atoms with Crippen molar-refractivity contribution in [2.24, 2.45) is 5.92 Å². The molecule has 0 rings (SSSR count). The summed E-state index contributed by atoms with van der Waals surface area (Å²) in [4.78, 5) is 12.4. The van der Waals surface area contributed by atoms with Gasteiger partial charge in [0, 0.05) is 12.5 Å². The van der Waals surface area contributed by atoms with Crippen molar-refractivity contribution in [2.75, 3.05) is 26.2 Å². The Labute approximate surface area is 93.2 Å². The average molecular weight is 241 g/mol. The van der Waals surface area contributed by atoms with Gasteiger partial charge in [0.15, 0.2) is 0 Å². The molecule has 0 heterocycles. The molecule has 1 unspecified atom stereocenters. The van der Waals surface area contributed by atoms with Crippen LogP contribution in [0.2, 0.25) is 0 Å². The molecule has 96 valence electrons. The molecule has 0 aliphatic heterocycles. The molecular formula is C10H18F3NO2. The minimum Gasteiger partial charge on any atom is -0.395 e. The van der Waals surface area contributed by atoms with Gasteiger partial charge >= 0.3 is 6.18 Å². The van der Waals surface area contributed by atoms with Gasteiger partial charge in [0.1, 0.15) is 5.78 Å². The number of halogens is 3. The van der Waals surface area contributed by atoms with Crippen molar-refractivity contribution in [3.05, 3.63) is 0 Å². The molecule has 6 heteroatoms. The molecule has 1 atom stereocenters. The van der Waals surface area contributed by atoms with Crippen molar-refractivity contribution in [3.63, 3.8) is 0 Å². The van der Waals surface area contributed by atoms with Gasteiger partial charge in [0.2, 0.25) is 0 Å². The van der Waals surface area contributed by atoms with Crippen LogP contribution < -0.4 is 0 Å². The second-order valence-electron chi connectivity index (χ2n) is 3.83. The fraction of sp³-hybridized carbons (Fsp3) is 0.900. The molecule has 0 spiro atoms. The maximum Gasteiger partial charge on any atom is 0.401 e. The molecule has 0 bridgehead atoms. The van der Waals surface area contributed by atoms with E-state index in [1.165, 1.54) is 0 Å². The Balaban J connectivity index is 4.28. The second kappa shape index (κ2) is 6.85. The zero-order chi connectivity index (χ0) is 12.8. The number of carbonyl (C=O) groups excluding carboxylic acids is 1. The molecule has 0 radical (unpaired) electrons. The molecule has 16 heavy (non-hydrogen) atoms. The molecule has 0 aromatic heterocycles. The van der Waals surface area contributed by atoms with Gasteiger partial charge in [-0.25, -0.2) is 0 Å². The first-order valence-electron chi connectivity index (χ1n) is 5.22. The van der Waals surface area contributed by atoms with Crippen molar-refractivity contribution in [1.82, 2.24) is 4.90 Å². The summed E-state index contributed by atoms with van der Waals surface area (Å²) in [5.41, 5.74) is 0. The van der Waals surface area contributed by atoms with Crippen LogP contribution in [-0.2, 0) is 4.79 Å². The van der Waals surface area contributed by atoms with Gasteiger partial charge in [-0.05, 0) is 6.42 Å². The van der Waals surface area contributed by atoms with Crippen molar-refractivity contribution in [3.8, 4) is 0 Å².